The highest BCUT2D eigenvalue weighted by molar-refractivity contribution is 5.84. The fourth-order valence-corrected chi connectivity index (χ4v) is 3.26. The van der Waals surface area contributed by atoms with Crippen LogP contribution in [-0.4, -0.2) is 36.4 Å². The molecule has 0 N–H and O–H groups in total. The molecule has 0 aromatic heterocycles. The van der Waals surface area contributed by atoms with E-state index in [4.69, 9.17) is 14.2 Å². The lowest BCUT2D eigenvalue weighted by atomic mass is 9.81. The number of ether oxygens (including phenoxy) is 3. The highest BCUT2D eigenvalue weighted by Crippen LogP contribution is 2.40. The number of allylic oxidation sites excluding steroid dienone is 2. The highest BCUT2D eigenvalue weighted by atomic mass is 16.6. The fourth-order valence-electron chi connectivity index (χ4n) is 3.26. The molecule has 3 rings (SSSR count). The van der Waals surface area contributed by atoms with Crippen molar-refractivity contribution in [2.24, 2.45) is 11.8 Å². The van der Waals surface area contributed by atoms with Crippen LogP contribution in [0, 0.1) is 11.8 Å². The normalized spacial score (nSPS) is 38.2. The van der Waals surface area contributed by atoms with Crippen LogP contribution >= 0.6 is 0 Å². The fraction of sp³-hybridized carbons (Fsp3) is 0.500. The summed E-state index contributed by atoms with van der Waals surface area (Å²) in [4.78, 5) is 22.8. The van der Waals surface area contributed by atoms with Crippen LogP contribution < -0.4 is 0 Å². The van der Waals surface area contributed by atoms with Crippen molar-refractivity contribution >= 4 is 11.9 Å². The van der Waals surface area contributed by atoms with Crippen LogP contribution in [0.2, 0.25) is 0 Å². The van der Waals surface area contributed by atoms with Crippen molar-refractivity contribution in [1.29, 1.82) is 0 Å². The van der Waals surface area contributed by atoms with Crippen LogP contribution in [0.15, 0.2) is 36.5 Å². The van der Waals surface area contributed by atoms with E-state index in [2.05, 4.69) is 6.92 Å². The molecule has 6 atom stereocenters. The molecule has 5 nitrogen and oxygen atoms in total. The standard InChI is InChI=1S/C16H18O5/c1-9-11-5-3-4-6-12(20-11)15(9)16(19-10(2)17)13-7-8-14(18)21-13/h3-9,11-13,15-16H,1-2H3. The number of hydrogen-bond donors (Lipinski definition) is 0. The van der Waals surface area contributed by atoms with Crippen LogP contribution in [0.4, 0.5) is 0 Å². The van der Waals surface area contributed by atoms with E-state index < -0.39 is 18.2 Å². The van der Waals surface area contributed by atoms with E-state index in [-0.39, 0.29) is 30.0 Å². The third-order valence-electron chi connectivity index (χ3n) is 4.21. The second kappa shape index (κ2) is 5.48. The Kier molecular flexibility index (Phi) is 3.68. The predicted molar refractivity (Wildman–Crippen MR) is 74.2 cm³/mol. The smallest absolute Gasteiger partial charge is 0.331 e. The molecule has 21 heavy (non-hydrogen) atoms. The molecule has 3 heterocycles. The van der Waals surface area contributed by atoms with Gasteiger partial charge in [0.2, 0.25) is 0 Å². The summed E-state index contributed by atoms with van der Waals surface area (Å²) in [7, 11) is 0. The summed E-state index contributed by atoms with van der Waals surface area (Å²) in [6.07, 6.45) is 9.63. The first kappa shape index (κ1) is 14.1. The van der Waals surface area contributed by atoms with Crippen LogP contribution in [0.25, 0.3) is 0 Å². The minimum atomic E-state index is -0.546. The van der Waals surface area contributed by atoms with Gasteiger partial charge in [-0.25, -0.2) is 4.79 Å². The minimum Gasteiger partial charge on any atom is -0.458 e. The van der Waals surface area contributed by atoms with Gasteiger partial charge < -0.3 is 14.2 Å². The molecule has 1 fully saturated rings. The number of carbonyl (C=O) groups excluding carboxylic acids is 2. The molecule has 112 valence electrons. The molecule has 0 radical (unpaired) electrons. The Hall–Kier alpha value is -1.88. The van der Waals surface area contributed by atoms with Crippen LogP contribution in [0.3, 0.4) is 0 Å². The van der Waals surface area contributed by atoms with Crippen LogP contribution in [-0.2, 0) is 23.8 Å². The van der Waals surface area contributed by atoms with E-state index in [0.717, 1.165) is 0 Å². The molecule has 3 aliphatic heterocycles. The van der Waals surface area contributed by atoms with Gasteiger partial charge in [-0.2, -0.15) is 0 Å². The maximum atomic E-state index is 11.5. The van der Waals surface area contributed by atoms with E-state index in [1.807, 2.05) is 24.3 Å². The second-order valence-electron chi connectivity index (χ2n) is 5.61. The minimum absolute atomic E-state index is 0.0193. The lowest BCUT2D eigenvalue weighted by molar-refractivity contribution is -0.164. The Bertz CT molecular complexity index is 533. The van der Waals surface area contributed by atoms with Gasteiger partial charge in [-0.3, -0.25) is 4.79 Å². The summed E-state index contributed by atoms with van der Waals surface area (Å²) in [5.74, 6) is -0.685. The van der Waals surface area contributed by atoms with Gasteiger partial charge >= 0.3 is 11.9 Å². The van der Waals surface area contributed by atoms with Gasteiger partial charge in [-0.05, 0) is 12.0 Å². The summed E-state index contributed by atoms with van der Waals surface area (Å²) in [5, 5.41) is 0. The first-order valence-corrected chi connectivity index (χ1v) is 7.13. The van der Waals surface area contributed by atoms with Gasteiger partial charge in [0.1, 0.15) is 6.10 Å². The molecule has 6 unspecified atom stereocenters. The number of rotatable bonds is 3. The van der Waals surface area contributed by atoms with Crippen molar-refractivity contribution < 1.29 is 23.8 Å². The molecule has 1 saturated heterocycles. The van der Waals surface area contributed by atoms with Gasteiger partial charge in [0, 0.05) is 18.9 Å². The van der Waals surface area contributed by atoms with E-state index in [0.29, 0.717) is 0 Å². The molecule has 0 aliphatic carbocycles. The molecule has 0 aromatic carbocycles. The van der Waals surface area contributed by atoms with E-state index in [9.17, 15) is 9.59 Å². The van der Waals surface area contributed by atoms with Gasteiger partial charge in [0.05, 0.1) is 12.2 Å². The summed E-state index contributed by atoms with van der Waals surface area (Å²) in [6, 6.07) is 0. The average Bonchev–Trinajstić information content (AvgIpc) is 2.86. The van der Waals surface area contributed by atoms with Crippen molar-refractivity contribution in [2.75, 3.05) is 0 Å². The summed E-state index contributed by atoms with van der Waals surface area (Å²) in [5.41, 5.74) is 0. The molecule has 0 spiro atoms. The molecular formula is C16H18O5. The largest absolute Gasteiger partial charge is 0.458 e. The highest BCUT2D eigenvalue weighted by Gasteiger charge is 2.49. The maximum absolute atomic E-state index is 11.5. The van der Waals surface area contributed by atoms with Gasteiger partial charge in [0.25, 0.3) is 0 Å². The number of esters is 2. The number of hydrogen-bond acceptors (Lipinski definition) is 5. The van der Waals surface area contributed by atoms with Gasteiger partial charge in [0.15, 0.2) is 6.10 Å². The van der Waals surface area contributed by atoms with Crippen molar-refractivity contribution in [3.63, 3.8) is 0 Å². The molecule has 0 aromatic rings. The predicted octanol–water partition coefficient (Wildman–Crippen LogP) is 1.55. The SMILES string of the molecule is CC(=O)OC(C1C=CC(=O)O1)C1C2C=CC=CC(O2)C1C. The monoisotopic (exact) mass is 290 g/mol. The second-order valence-corrected chi connectivity index (χ2v) is 5.61. The average molecular weight is 290 g/mol. The third kappa shape index (κ3) is 2.65. The van der Waals surface area contributed by atoms with Crippen molar-refractivity contribution in [1.82, 2.24) is 0 Å². The van der Waals surface area contributed by atoms with Gasteiger partial charge in [-0.15, -0.1) is 0 Å². The topological polar surface area (TPSA) is 61.8 Å². The van der Waals surface area contributed by atoms with E-state index in [1.165, 1.54) is 13.0 Å². The molecule has 5 heteroatoms. The molecular weight excluding hydrogens is 272 g/mol. The Morgan fingerprint density at radius 1 is 1.24 bits per heavy atom. The third-order valence-corrected chi connectivity index (χ3v) is 4.21. The van der Waals surface area contributed by atoms with Crippen molar-refractivity contribution in [3.8, 4) is 0 Å². The lowest BCUT2D eigenvalue weighted by Crippen LogP contribution is -2.43. The van der Waals surface area contributed by atoms with Crippen LogP contribution in [0.5, 0.6) is 0 Å². The van der Waals surface area contributed by atoms with Crippen molar-refractivity contribution in [2.45, 2.75) is 38.3 Å². The first-order chi connectivity index (χ1) is 10.1. The lowest BCUT2D eigenvalue weighted by Gasteiger charge is -2.31. The quantitative estimate of drug-likeness (QED) is 0.738. The van der Waals surface area contributed by atoms with E-state index >= 15 is 0 Å². The zero-order valence-corrected chi connectivity index (χ0v) is 12.0. The molecule has 3 aliphatic rings. The zero-order valence-electron chi connectivity index (χ0n) is 12.0. The summed E-state index contributed by atoms with van der Waals surface area (Å²) < 4.78 is 16.7. The first-order valence-electron chi connectivity index (χ1n) is 7.13. The van der Waals surface area contributed by atoms with E-state index in [1.54, 1.807) is 6.08 Å². The zero-order chi connectivity index (χ0) is 15.0. The van der Waals surface area contributed by atoms with Gasteiger partial charge in [-0.1, -0.05) is 31.2 Å². The number of fused-ring (bicyclic) bond motifs is 2. The Morgan fingerprint density at radius 2 is 1.95 bits per heavy atom. The number of cyclic esters (lactones) is 1. The summed E-state index contributed by atoms with van der Waals surface area (Å²) >= 11 is 0. The Labute approximate surface area is 123 Å². The molecule has 0 amide bonds. The van der Waals surface area contributed by atoms with Crippen LogP contribution in [0.1, 0.15) is 13.8 Å². The Morgan fingerprint density at radius 3 is 2.57 bits per heavy atom. The number of carbonyl (C=O) groups is 2. The molecule has 2 bridgehead atoms. The Balaban J connectivity index is 1.87. The maximum Gasteiger partial charge on any atom is 0.331 e. The van der Waals surface area contributed by atoms with Crippen molar-refractivity contribution in [3.05, 3.63) is 36.5 Å². The molecule has 0 saturated carbocycles. The summed E-state index contributed by atoms with van der Waals surface area (Å²) in [6.45, 7) is 3.43.